The topological polar surface area (TPSA) is 66.0 Å². The summed E-state index contributed by atoms with van der Waals surface area (Å²) in [6.45, 7) is 9.98. The van der Waals surface area contributed by atoms with E-state index in [-0.39, 0.29) is 35.3 Å². The Morgan fingerprint density at radius 2 is 1.86 bits per heavy atom. The molecule has 2 rings (SSSR count). The van der Waals surface area contributed by atoms with Gasteiger partial charge in [-0.3, -0.25) is 9.79 Å². The number of nitrogens with one attached hydrogen (secondary N) is 2. The zero-order valence-corrected chi connectivity index (χ0v) is 20.8. The first kappa shape index (κ1) is 25.5. The normalized spacial score (nSPS) is 15.5. The van der Waals surface area contributed by atoms with Crippen LogP contribution in [0.5, 0.6) is 5.75 Å². The zero-order chi connectivity index (χ0) is 20.6. The lowest BCUT2D eigenvalue weighted by atomic mass is 9.85. The number of piperidine rings is 1. The molecule has 6 nitrogen and oxygen atoms in total. The number of halogens is 1. The highest BCUT2D eigenvalue weighted by Gasteiger charge is 2.25. The van der Waals surface area contributed by atoms with Crippen molar-refractivity contribution < 1.29 is 9.53 Å². The molecule has 1 aromatic rings. The van der Waals surface area contributed by atoms with E-state index >= 15 is 0 Å². The maximum Gasteiger partial charge on any atom is 0.220 e. The molecule has 1 amide bonds. The number of carbonyl (C=O) groups is 1. The number of hydrogen-bond donors (Lipinski definition) is 2. The predicted octanol–water partition coefficient (Wildman–Crippen LogP) is 3.40. The van der Waals surface area contributed by atoms with Gasteiger partial charge in [0.1, 0.15) is 5.75 Å². The van der Waals surface area contributed by atoms with Crippen LogP contribution in [0.2, 0.25) is 0 Å². The summed E-state index contributed by atoms with van der Waals surface area (Å²) in [5.41, 5.74) is 1.18. The Labute approximate surface area is 192 Å². The average Bonchev–Trinajstić information content (AvgIpc) is 2.71. The zero-order valence-electron chi connectivity index (χ0n) is 18.5. The minimum atomic E-state index is -0.0650. The summed E-state index contributed by atoms with van der Waals surface area (Å²) in [5, 5.41) is 6.17. The molecule has 0 spiro atoms. The molecule has 0 bridgehead atoms. The molecule has 0 unspecified atom stereocenters. The molecule has 1 saturated heterocycles. The van der Waals surface area contributed by atoms with Gasteiger partial charge in [-0.1, -0.05) is 26.0 Å². The van der Waals surface area contributed by atoms with E-state index in [9.17, 15) is 4.79 Å². The van der Waals surface area contributed by atoms with Crippen molar-refractivity contribution in [2.45, 2.75) is 45.4 Å². The predicted molar refractivity (Wildman–Crippen MR) is 130 cm³/mol. The Kier molecular flexibility index (Phi) is 10.8. The third-order valence-corrected chi connectivity index (χ3v) is 5.50. The van der Waals surface area contributed by atoms with Gasteiger partial charge in [0.15, 0.2) is 5.96 Å². The Balaban J connectivity index is 0.00000420. The fraction of sp³-hybridized carbons (Fsp3) is 0.636. The van der Waals surface area contributed by atoms with Crippen LogP contribution < -0.4 is 15.4 Å². The van der Waals surface area contributed by atoms with Crippen LogP contribution in [-0.4, -0.2) is 57.1 Å². The molecule has 7 heteroatoms. The molecule has 164 valence electrons. The van der Waals surface area contributed by atoms with E-state index in [1.165, 1.54) is 5.56 Å². The number of guanidine groups is 1. The second-order valence-electron chi connectivity index (χ2n) is 8.09. The average molecular weight is 516 g/mol. The number of aliphatic imine (C=N–C) groups is 1. The van der Waals surface area contributed by atoms with E-state index in [2.05, 4.69) is 48.4 Å². The fourth-order valence-corrected chi connectivity index (χ4v) is 3.54. The third-order valence-electron chi connectivity index (χ3n) is 5.50. The molecular weight excluding hydrogens is 479 g/mol. The van der Waals surface area contributed by atoms with Gasteiger partial charge in [-0.25, -0.2) is 0 Å². The summed E-state index contributed by atoms with van der Waals surface area (Å²) in [5.74, 6) is 2.45. The van der Waals surface area contributed by atoms with Crippen LogP contribution in [0, 0.1) is 5.92 Å². The van der Waals surface area contributed by atoms with Gasteiger partial charge < -0.3 is 20.3 Å². The number of hydrogen-bond acceptors (Lipinski definition) is 3. The molecule has 1 fully saturated rings. The van der Waals surface area contributed by atoms with E-state index in [0.29, 0.717) is 18.9 Å². The van der Waals surface area contributed by atoms with Gasteiger partial charge in [-0.05, 0) is 43.4 Å². The van der Waals surface area contributed by atoms with Gasteiger partial charge >= 0.3 is 0 Å². The molecule has 29 heavy (non-hydrogen) atoms. The summed E-state index contributed by atoms with van der Waals surface area (Å²) >= 11 is 0. The highest BCUT2D eigenvalue weighted by atomic mass is 127. The number of likely N-dealkylation sites (tertiary alicyclic amines) is 1. The summed E-state index contributed by atoms with van der Waals surface area (Å²) in [4.78, 5) is 18.9. The Morgan fingerprint density at radius 1 is 1.24 bits per heavy atom. The third kappa shape index (κ3) is 7.68. The van der Waals surface area contributed by atoms with Gasteiger partial charge in [0.2, 0.25) is 5.91 Å². The maximum absolute atomic E-state index is 11.6. The van der Waals surface area contributed by atoms with E-state index < -0.39 is 0 Å². The van der Waals surface area contributed by atoms with Crippen LogP contribution in [0.3, 0.4) is 0 Å². The van der Waals surface area contributed by atoms with Crippen molar-refractivity contribution >= 4 is 35.8 Å². The summed E-state index contributed by atoms with van der Waals surface area (Å²) in [7, 11) is 3.39. The van der Waals surface area contributed by atoms with Crippen molar-refractivity contribution in [2.75, 3.05) is 40.3 Å². The second-order valence-corrected chi connectivity index (χ2v) is 8.09. The first-order valence-electron chi connectivity index (χ1n) is 10.3. The van der Waals surface area contributed by atoms with E-state index in [4.69, 9.17) is 9.73 Å². The fourth-order valence-electron chi connectivity index (χ4n) is 3.54. The number of rotatable bonds is 7. The first-order chi connectivity index (χ1) is 13.4. The van der Waals surface area contributed by atoms with Crippen molar-refractivity contribution in [1.82, 2.24) is 15.5 Å². The summed E-state index contributed by atoms with van der Waals surface area (Å²) < 4.78 is 5.26. The molecule has 0 aromatic heterocycles. The standard InChI is InChI=1S/C22H36N4O2.HI/c1-6-24-21(26-13-11-17(12-14-26)15-20(27)23-4)25-16-22(2,3)18-7-9-19(28-5)10-8-18;/h7-10,17H,6,11-16H2,1-5H3,(H,23,27)(H,24,25);1H. The van der Waals surface area contributed by atoms with Crippen LogP contribution in [0.25, 0.3) is 0 Å². The van der Waals surface area contributed by atoms with E-state index in [1.807, 2.05) is 12.1 Å². The smallest absolute Gasteiger partial charge is 0.220 e. The number of methoxy groups -OCH3 is 1. The molecule has 0 aliphatic carbocycles. The van der Waals surface area contributed by atoms with Gasteiger partial charge in [0.25, 0.3) is 0 Å². The van der Waals surface area contributed by atoms with Crippen LogP contribution >= 0.6 is 24.0 Å². The molecule has 0 atom stereocenters. The van der Waals surface area contributed by atoms with Crippen molar-refractivity contribution in [3.63, 3.8) is 0 Å². The number of amides is 1. The quantitative estimate of drug-likeness (QED) is 0.331. The minimum Gasteiger partial charge on any atom is -0.497 e. The number of nitrogens with zero attached hydrogens (tertiary/aromatic N) is 2. The molecule has 2 N–H and O–H groups in total. The minimum absolute atomic E-state index is 0. The van der Waals surface area contributed by atoms with Gasteiger partial charge in [-0.15, -0.1) is 24.0 Å². The Morgan fingerprint density at radius 3 is 2.38 bits per heavy atom. The molecule has 1 heterocycles. The number of benzene rings is 1. The van der Waals surface area contributed by atoms with Crippen molar-refractivity contribution in [2.24, 2.45) is 10.9 Å². The van der Waals surface area contributed by atoms with Crippen LogP contribution in [-0.2, 0) is 10.2 Å². The lowest BCUT2D eigenvalue weighted by Crippen LogP contribution is -2.46. The highest BCUT2D eigenvalue weighted by molar-refractivity contribution is 14.0. The van der Waals surface area contributed by atoms with Crippen LogP contribution in [0.15, 0.2) is 29.3 Å². The summed E-state index contributed by atoms with van der Waals surface area (Å²) in [6, 6.07) is 8.24. The lowest BCUT2D eigenvalue weighted by Gasteiger charge is -2.34. The lowest BCUT2D eigenvalue weighted by molar-refractivity contribution is -0.121. The number of ether oxygens (including phenoxy) is 1. The Hall–Kier alpha value is -1.51. The van der Waals surface area contributed by atoms with Gasteiger partial charge in [0, 0.05) is 38.5 Å². The van der Waals surface area contributed by atoms with Crippen molar-refractivity contribution in [3.05, 3.63) is 29.8 Å². The largest absolute Gasteiger partial charge is 0.497 e. The molecule has 0 radical (unpaired) electrons. The van der Waals surface area contributed by atoms with E-state index in [0.717, 1.165) is 44.2 Å². The van der Waals surface area contributed by atoms with Crippen molar-refractivity contribution in [1.29, 1.82) is 0 Å². The molecule has 1 aliphatic heterocycles. The molecule has 1 aliphatic rings. The summed E-state index contributed by atoms with van der Waals surface area (Å²) in [6.07, 6.45) is 2.68. The van der Waals surface area contributed by atoms with Gasteiger partial charge in [0.05, 0.1) is 13.7 Å². The van der Waals surface area contributed by atoms with Gasteiger partial charge in [-0.2, -0.15) is 0 Å². The van der Waals surface area contributed by atoms with Crippen molar-refractivity contribution in [3.8, 4) is 5.75 Å². The second kappa shape index (κ2) is 12.2. The first-order valence-corrected chi connectivity index (χ1v) is 10.3. The molecule has 1 aromatic carbocycles. The number of carbonyl (C=O) groups excluding carboxylic acids is 1. The van der Waals surface area contributed by atoms with Crippen LogP contribution in [0.4, 0.5) is 0 Å². The molecule has 0 saturated carbocycles. The van der Waals surface area contributed by atoms with Crippen LogP contribution in [0.1, 0.15) is 45.6 Å². The monoisotopic (exact) mass is 516 g/mol. The SMILES string of the molecule is CCNC(=NCC(C)(C)c1ccc(OC)cc1)N1CCC(CC(=O)NC)CC1.I. The Bertz CT molecular complexity index is 653. The maximum atomic E-state index is 11.6. The molecular formula is C22H37IN4O2. The highest BCUT2D eigenvalue weighted by Crippen LogP contribution is 2.26. The van der Waals surface area contributed by atoms with E-state index in [1.54, 1.807) is 14.2 Å².